The van der Waals surface area contributed by atoms with Gasteiger partial charge in [-0.05, 0) is 26.8 Å². The van der Waals surface area contributed by atoms with Gasteiger partial charge in [0.1, 0.15) is 5.82 Å². The molecule has 1 atom stereocenters. The lowest BCUT2D eigenvalue weighted by Crippen LogP contribution is -2.40. The quantitative estimate of drug-likeness (QED) is 0.887. The molecule has 0 bridgehead atoms. The van der Waals surface area contributed by atoms with E-state index in [0.29, 0.717) is 6.54 Å². The molecule has 1 amide bonds. The summed E-state index contributed by atoms with van der Waals surface area (Å²) in [5.74, 6) is 1.88. The summed E-state index contributed by atoms with van der Waals surface area (Å²) in [6.07, 6.45) is 1.01. The number of rotatable bonds is 4. The maximum absolute atomic E-state index is 11.8. The van der Waals surface area contributed by atoms with Gasteiger partial charge < -0.3 is 14.8 Å². The Hall–Kier alpha value is -1.14. The lowest BCUT2D eigenvalue weighted by molar-refractivity contribution is -0.131. The smallest absolute Gasteiger partial charge is 0.220 e. The lowest BCUT2D eigenvalue weighted by Gasteiger charge is -2.27. The van der Waals surface area contributed by atoms with Gasteiger partial charge in [-0.3, -0.25) is 4.79 Å². The molecule has 2 rings (SSSR count). The van der Waals surface area contributed by atoms with Gasteiger partial charge in [-0.25, -0.2) is 0 Å². The molecule has 1 N–H and O–H groups in total. The van der Waals surface area contributed by atoms with Crippen LogP contribution in [0.25, 0.3) is 0 Å². The Morgan fingerprint density at radius 1 is 1.53 bits per heavy atom. The minimum atomic E-state index is 0. The van der Waals surface area contributed by atoms with E-state index < -0.39 is 0 Å². The van der Waals surface area contributed by atoms with Crippen LogP contribution in [0.2, 0.25) is 0 Å². The lowest BCUT2D eigenvalue weighted by atomic mass is 10.2. The van der Waals surface area contributed by atoms with Crippen LogP contribution in [0.3, 0.4) is 0 Å². The van der Waals surface area contributed by atoms with E-state index in [1.807, 2.05) is 11.8 Å². The normalized spacial score (nSPS) is 18.2. The first kappa shape index (κ1) is 15.9. The summed E-state index contributed by atoms with van der Waals surface area (Å²) in [4.78, 5) is 13.7. The fourth-order valence-electron chi connectivity index (χ4n) is 2.51. The third kappa shape index (κ3) is 3.45. The molecule has 6 nitrogen and oxygen atoms in total. The van der Waals surface area contributed by atoms with Crippen molar-refractivity contribution in [3.05, 3.63) is 11.6 Å². The third-order valence-electron chi connectivity index (χ3n) is 3.52. The third-order valence-corrected chi connectivity index (χ3v) is 3.52. The fraction of sp³-hybridized carbons (Fsp3) is 0.750. The number of carbonyl (C=O) groups is 1. The standard InChI is InChI=1S/C12H21N5O.ClH/c1-4-16-9(2)14-15-12(16)8-17(10(3)18)11-5-6-13-7-11;/h11,13H,4-8H2,1-3H3;1H. The minimum absolute atomic E-state index is 0. The number of nitrogens with one attached hydrogen (secondary N) is 1. The molecule has 1 unspecified atom stereocenters. The molecule has 108 valence electrons. The second kappa shape index (κ2) is 6.86. The van der Waals surface area contributed by atoms with Crippen LogP contribution in [0.5, 0.6) is 0 Å². The van der Waals surface area contributed by atoms with E-state index in [4.69, 9.17) is 0 Å². The van der Waals surface area contributed by atoms with E-state index in [0.717, 1.165) is 37.7 Å². The summed E-state index contributed by atoms with van der Waals surface area (Å²) < 4.78 is 2.05. The predicted molar refractivity (Wildman–Crippen MR) is 75.2 cm³/mol. The largest absolute Gasteiger partial charge is 0.331 e. The average Bonchev–Trinajstić information content (AvgIpc) is 2.95. The number of hydrogen-bond donors (Lipinski definition) is 1. The highest BCUT2D eigenvalue weighted by molar-refractivity contribution is 5.85. The Bertz CT molecular complexity index is 428. The molecule has 19 heavy (non-hydrogen) atoms. The molecule has 0 saturated carbocycles. The Morgan fingerprint density at radius 3 is 2.79 bits per heavy atom. The van der Waals surface area contributed by atoms with Crippen LogP contribution in [0.4, 0.5) is 0 Å². The Morgan fingerprint density at radius 2 is 2.26 bits per heavy atom. The van der Waals surface area contributed by atoms with E-state index in [2.05, 4.69) is 27.0 Å². The highest BCUT2D eigenvalue weighted by Gasteiger charge is 2.26. The van der Waals surface area contributed by atoms with Crippen molar-refractivity contribution in [1.82, 2.24) is 25.0 Å². The number of hydrogen-bond acceptors (Lipinski definition) is 4. The average molecular weight is 288 g/mol. The SMILES string of the molecule is CCn1c(C)nnc1CN(C(C)=O)C1CCNC1.Cl. The first-order chi connectivity index (χ1) is 8.63. The van der Waals surface area contributed by atoms with Gasteiger partial charge in [0, 0.05) is 26.1 Å². The van der Waals surface area contributed by atoms with Crippen molar-refractivity contribution >= 4 is 18.3 Å². The van der Waals surface area contributed by atoms with Crippen LogP contribution in [0.1, 0.15) is 31.9 Å². The maximum atomic E-state index is 11.8. The number of nitrogens with zero attached hydrogens (tertiary/aromatic N) is 4. The van der Waals surface area contributed by atoms with Gasteiger partial charge in [-0.15, -0.1) is 22.6 Å². The highest BCUT2D eigenvalue weighted by Crippen LogP contribution is 2.13. The van der Waals surface area contributed by atoms with Gasteiger partial charge >= 0.3 is 0 Å². The molecule has 0 radical (unpaired) electrons. The van der Waals surface area contributed by atoms with Crippen LogP contribution in [-0.2, 0) is 17.9 Å². The molecular weight excluding hydrogens is 266 g/mol. The monoisotopic (exact) mass is 287 g/mol. The number of amides is 1. The molecule has 2 heterocycles. The molecule has 1 aromatic rings. The molecule has 1 fully saturated rings. The molecule has 1 aromatic heterocycles. The van der Waals surface area contributed by atoms with Crippen LogP contribution in [0, 0.1) is 6.92 Å². The predicted octanol–water partition coefficient (Wildman–Crippen LogP) is 0.739. The first-order valence-electron chi connectivity index (χ1n) is 6.50. The van der Waals surface area contributed by atoms with Crippen LogP contribution in [0.15, 0.2) is 0 Å². The van der Waals surface area contributed by atoms with E-state index in [1.54, 1.807) is 6.92 Å². The van der Waals surface area contributed by atoms with Crippen molar-refractivity contribution in [1.29, 1.82) is 0 Å². The zero-order chi connectivity index (χ0) is 13.1. The van der Waals surface area contributed by atoms with Crippen molar-refractivity contribution in [2.45, 2.75) is 46.3 Å². The zero-order valence-electron chi connectivity index (χ0n) is 11.7. The Balaban J connectivity index is 0.00000180. The second-order valence-electron chi connectivity index (χ2n) is 4.70. The zero-order valence-corrected chi connectivity index (χ0v) is 12.5. The molecule has 1 aliphatic heterocycles. The van der Waals surface area contributed by atoms with E-state index >= 15 is 0 Å². The summed E-state index contributed by atoms with van der Waals surface area (Å²) in [5.41, 5.74) is 0. The van der Waals surface area contributed by atoms with Gasteiger partial charge in [-0.1, -0.05) is 0 Å². The van der Waals surface area contributed by atoms with E-state index in [1.165, 1.54) is 0 Å². The molecule has 1 aliphatic rings. The van der Waals surface area contributed by atoms with Crippen molar-refractivity contribution in [2.24, 2.45) is 0 Å². The van der Waals surface area contributed by atoms with Gasteiger partial charge in [0.15, 0.2) is 5.82 Å². The fourth-order valence-corrected chi connectivity index (χ4v) is 2.51. The number of halogens is 1. The van der Waals surface area contributed by atoms with Crippen molar-refractivity contribution in [2.75, 3.05) is 13.1 Å². The van der Waals surface area contributed by atoms with Gasteiger partial charge in [0.2, 0.25) is 5.91 Å². The Labute approximate surface area is 120 Å². The summed E-state index contributed by atoms with van der Waals surface area (Å²) in [6.45, 7) is 8.87. The Kier molecular flexibility index (Phi) is 5.75. The molecule has 0 aliphatic carbocycles. The highest BCUT2D eigenvalue weighted by atomic mass is 35.5. The minimum Gasteiger partial charge on any atom is -0.331 e. The molecule has 7 heteroatoms. The van der Waals surface area contributed by atoms with Crippen molar-refractivity contribution in [3.63, 3.8) is 0 Å². The number of aromatic nitrogens is 3. The summed E-state index contributed by atoms with van der Waals surface area (Å²) in [6, 6.07) is 0.282. The van der Waals surface area contributed by atoms with Gasteiger partial charge in [0.05, 0.1) is 6.54 Å². The summed E-state index contributed by atoms with van der Waals surface area (Å²) >= 11 is 0. The van der Waals surface area contributed by atoms with E-state index in [-0.39, 0.29) is 24.4 Å². The van der Waals surface area contributed by atoms with Crippen LogP contribution >= 0.6 is 12.4 Å². The van der Waals surface area contributed by atoms with E-state index in [9.17, 15) is 4.79 Å². The summed E-state index contributed by atoms with van der Waals surface area (Å²) in [5, 5.41) is 11.6. The molecule has 0 aromatic carbocycles. The summed E-state index contributed by atoms with van der Waals surface area (Å²) in [7, 11) is 0. The molecular formula is C12H22ClN5O. The first-order valence-corrected chi connectivity index (χ1v) is 6.50. The van der Waals surface area contributed by atoms with Gasteiger partial charge in [0.25, 0.3) is 0 Å². The van der Waals surface area contributed by atoms with Crippen LogP contribution < -0.4 is 5.32 Å². The second-order valence-corrected chi connectivity index (χ2v) is 4.70. The molecule has 0 spiro atoms. The molecule has 1 saturated heterocycles. The van der Waals surface area contributed by atoms with Crippen molar-refractivity contribution in [3.8, 4) is 0 Å². The number of carbonyl (C=O) groups excluding carboxylic acids is 1. The van der Waals surface area contributed by atoms with Crippen molar-refractivity contribution < 1.29 is 4.79 Å². The maximum Gasteiger partial charge on any atom is 0.220 e. The number of aryl methyl sites for hydroxylation is 1. The topological polar surface area (TPSA) is 63.1 Å². The van der Waals surface area contributed by atoms with Gasteiger partial charge in [-0.2, -0.15) is 0 Å². The van der Waals surface area contributed by atoms with Crippen LogP contribution in [-0.4, -0.2) is 44.7 Å².